The summed E-state index contributed by atoms with van der Waals surface area (Å²) in [7, 11) is 0. The van der Waals surface area contributed by atoms with E-state index in [-0.39, 0.29) is 24.0 Å². The van der Waals surface area contributed by atoms with Crippen molar-refractivity contribution in [3.63, 3.8) is 0 Å². The van der Waals surface area contributed by atoms with Crippen molar-refractivity contribution in [2.45, 2.75) is 47.1 Å². The first kappa shape index (κ1) is 19.1. The quantitative estimate of drug-likeness (QED) is 0.793. The van der Waals surface area contributed by atoms with Crippen molar-refractivity contribution < 1.29 is 14.3 Å². The van der Waals surface area contributed by atoms with Gasteiger partial charge in [0, 0.05) is 5.54 Å². The number of nitrogens with zero attached hydrogens (tertiary/aromatic N) is 2. The predicted octanol–water partition coefficient (Wildman–Crippen LogP) is 2.81. The molecule has 2 aromatic heterocycles. The van der Waals surface area contributed by atoms with Crippen LogP contribution < -0.4 is 10.6 Å². The molecule has 25 heavy (non-hydrogen) atoms. The molecule has 136 valence electrons. The second kappa shape index (κ2) is 7.35. The van der Waals surface area contributed by atoms with Crippen LogP contribution in [0, 0.1) is 13.8 Å². The Morgan fingerprint density at radius 3 is 2.48 bits per heavy atom. The van der Waals surface area contributed by atoms with Gasteiger partial charge in [0.2, 0.25) is 5.91 Å². The number of aromatic nitrogens is 2. The lowest BCUT2D eigenvalue weighted by atomic mass is 10.1. The van der Waals surface area contributed by atoms with Crippen LogP contribution in [0.5, 0.6) is 0 Å². The molecule has 0 unspecified atom stereocenters. The molecule has 0 fully saturated rings. The number of nitrogens with one attached hydrogen (secondary N) is 2. The maximum atomic E-state index is 12.1. The average Bonchev–Trinajstić information content (AvgIpc) is 2.80. The summed E-state index contributed by atoms with van der Waals surface area (Å²) < 4.78 is 5.10. The first-order valence-electron chi connectivity index (χ1n) is 8.12. The highest BCUT2D eigenvalue weighted by Crippen LogP contribution is 2.34. The Balaban J connectivity index is 2.33. The monoisotopic (exact) mass is 364 g/mol. The summed E-state index contributed by atoms with van der Waals surface area (Å²) in [5.41, 5.74) is 0.461. The number of carbonyl (C=O) groups excluding carboxylic acids is 2. The number of esters is 1. The van der Waals surface area contributed by atoms with E-state index in [1.807, 2.05) is 27.7 Å². The summed E-state index contributed by atoms with van der Waals surface area (Å²) in [4.78, 5) is 34.2. The molecule has 0 aliphatic rings. The van der Waals surface area contributed by atoms with Crippen LogP contribution in [0.25, 0.3) is 10.2 Å². The zero-order valence-corrected chi connectivity index (χ0v) is 16.3. The summed E-state index contributed by atoms with van der Waals surface area (Å²) in [5.74, 6) is 0.631. The Morgan fingerprint density at radius 1 is 1.20 bits per heavy atom. The van der Waals surface area contributed by atoms with Gasteiger partial charge in [-0.25, -0.2) is 14.8 Å². The van der Waals surface area contributed by atoms with Gasteiger partial charge in [0.1, 0.15) is 21.3 Å². The highest BCUT2D eigenvalue weighted by atomic mass is 32.1. The third kappa shape index (κ3) is 4.66. The molecule has 2 heterocycles. The number of hydrogen-bond donors (Lipinski definition) is 2. The molecule has 0 aliphatic carbocycles. The van der Waals surface area contributed by atoms with Gasteiger partial charge in [0.15, 0.2) is 0 Å². The molecule has 0 radical (unpaired) electrons. The van der Waals surface area contributed by atoms with E-state index in [4.69, 9.17) is 4.74 Å². The van der Waals surface area contributed by atoms with E-state index in [0.29, 0.717) is 28.0 Å². The highest BCUT2D eigenvalue weighted by Gasteiger charge is 2.21. The molecule has 0 aliphatic heterocycles. The number of amides is 1. The fourth-order valence-electron chi connectivity index (χ4n) is 2.39. The number of aryl methyl sites for hydroxylation is 2. The molecule has 0 saturated heterocycles. The van der Waals surface area contributed by atoms with Crippen LogP contribution in [0.2, 0.25) is 0 Å². The van der Waals surface area contributed by atoms with E-state index >= 15 is 0 Å². The van der Waals surface area contributed by atoms with E-state index in [1.165, 1.54) is 11.3 Å². The number of rotatable bonds is 5. The molecule has 7 nitrogen and oxygen atoms in total. The summed E-state index contributed by atoms with van der Waals surface area (Å²) in [6.45, 7) is 11.6. The van der Waals surface area contributed by atoms with E-state index in [2.05, 4.69) is 20.6 Å². The number of anilines is 1. The van der Waals surface area contributed by atoms with Crippen molar-refractivity contribution in [3.05, 3.63) is 16.3 Å². The minimum atomic E-state index is -0.364. The van der Waals surface area contributed by atoms with Crippen molar-refractivity contribution in [3.8, 4) is 0 Å². The molecule has 2 aromatic rings. The molecule has 2 N–H and O–H groups in total. The smallest absolute Gasteiger partial charge is 0.348 e. The number of thiophene rings is 1. The first-order chi connectivity index (χ1) is 11.6. The van der Waals surface area contributed by atoms with Gasteiger partial charge in [-0.2, -0.15) is 0 Å². The maximum absolute atomic E-state index is 12.1. The summed E-state index contributed by atoms with van der Waals surface area (Å²) >= 11 is 1.28. The average molecular weight is 364 g/mol. The first-order valence-corrected chi connectivity index (χ1v) is 8.93. The van der Waals surface area contributed by atoms with Crippen LogP contribution in [-0.4, -0.2) is 40.5 Å². The molecule has 0 spiro atoms. The third-order valence-electron chi connectivity index (χ3n) is 3.29. The van der Waals surface area contributed by atoms with Gasteiger partial charge in [0.25, 0.3) is 0 Å². The zero-order valence-electron chi connectivity index (χ0n) is 15.4. The van der Waals surface area contributed by atoms with Gasteiger partial charge < -0.3 is 15.4 Å². The fraction of sp³-hybridized carbons (Fsp3) is 0.529. The second-order valence-corrected chi connectivity index (χ2v) is 7.73. The Kier molecular flexibility index (Phi) is 5.62. The maximum Gasteiger partial charge on any atom is 0.348 e. The van der Waals surface area contributed by atoms with Crippen LogP contribution >= 0.6 is 11.3 Å². The zero-order chi connectivity index (χ0) is 18.8. The van der Waals surface area contributed by atoms with Crippen molar-refractivity contribution in [2.75, 3.05) is 18.5 Å². The van der Waals surface area contributed by atoms with E-state index < -0.39 is 0 Å². The van der Waals surface area contributed by atoms with Gasteiger partial charge in [-0.1, -0.05) is 0 Å². The normalized spacial score (nSPS) is 11.4. The molecule has 0 bridgehead atoms. The van der Waals surface area contributed by atoms with Gasteiger partial charge >= 0.3 is 5.97 Å². The standard InChI is InChI=1S/C17H24N4O3S/c1-7-24-16(23)13-9(2)12-14(19-10(3)20-15(12)25-13)18-8-11(22)21-17(4,5)6/h7-8H2,1-6H3,(H,21,22)(H,18,19,20). The summed E-state index contributed by atoms with van der Waals surface area (Å²) in [5, 5.41) is 6.71. The molecule has 0 saturated carbocycles. The fourth-order valence-corrected chi connectivity index (χ4v) is 3.51. The lowest BCUT2D eigenvalue weighted by Crippen LogP contribution is -2.43. The number of ether oxygens (including phenoxy) is 1. The largest absolute Gasteiger partial charge is 0.462 e. The minimum Gasteiger partial charge on any atom is -0.462 e. The molecule has 0 atom stereocenters. The molecule has 0 aromatic carbocycles. The Labute approximate surface area is 151 Å². The number of fused-ring (bicyclic) bond motifs is 1. The van der Waals surface area contributed by atoms with Crippen molar-refractivity contribution in [2.24, 2.45) is 0 Å². The van der Waals surface area contributed by atoms with Crippen LogP contribution in [0.1, 0.15) is 48.8 Å². The topological polar surface area (TPSA) is 93.2 Å². The summed E-state index contributed by atoms with van der Waals surface area (Å²) in [6, 6.07) is 0. The van der Waals surface area contributed by atoms with Crippen LogP contribution in [0.4, 0.5) is 5.82 Å². The van der Waals surface area contributed by atoms with Crippen LogP contribution in [0.15, 0.2) is 0 Å². The Bertz CT molecular complexity index is 808. The van der Waals surface area contributed by atoms with E-state index in [9.17, 15) is 9.59 Å². The number of hydrogen-bond acceptors (Lipinski definition) is 7. The van der Waals surface area contributed by atoms with Gasteiger partial charge in [-0.3, -0.25) is 4.79 Å². The van der Waals surface area contributed by atoms with Crippen LogP contribution in [-0.2, 0) is 9.53 Å². The molecular formula is C17H24N4O3S. The minimum absolute atomic E-state index is 0.0901. The molecular weight excluding hydrogens is 340 g/mol. The van der Waals surface area contributed by atoms with E-state index in [0.717, 1.165) is 10.9 Å². The van der Waals surface area contributed by atoms with Gasteiger partial charge in [0.05, 0.1) is 18.5 Å². The lowest BCUT2D eigenvalue weighted by molar-refractivity contribution is -0.120. The van der Waals surface area contributed by atoms with Crippen molar-refractivity contribution in [1.82, 2.24) is 15.3 Å². The highest BCUT2D eigenvalue weighted by molar-refractivity contribution is 7.20. The Morgan fingerprint density at radius 2 is 1.88 bits per heavy atom. The van der Waals surface area contributed by atoms with E-state index in [1.54, 1.807) is 13.8 Å². The van der Waals surface area contributed by atoms with Crippen molar-refractivity contribution in [1.29, 1.82) is 0 Å². The molecule has 2 rings (SSSR count). The second-order valence-electron chi connectivity index (χ2n) is 6.73. The predicted molar refractivity (Wildman–Crippen MR) is 99.2 cm³/mol. The Hall–Kier alpha value is -2.22. The lowest BCUT2D eigenvalue weighted by Gasteiger charge is -2.20. The third-order valence-corrected chi connectivity index (χ3v) is 4.46. The van der Waals surface area contributed by atoms with Crippen molar-refractivity contribution >= 4 is 39.2 Å². The summed E-state index contributed by atoms with van der Waals surface area (Å²) in [6.07, 6.45) is 0. The van der Waals surface area contributed by atoms with Gasteiger partial charge in [-0.15, -0.1) is 11.3 Å². The molecule has 1 amide bonds. The van der Waals surface area contributed by atoms with Crippen LogP contribution in [0.3, 0.4) is 0 Å². The molecule has 8 heteroatoms. The number of carbonyl (C=O) groups is 2. The SMILES string of the molecule is CCOC(=O)c1sc2nc(C)nc(NCC(=O)NC(C)(C)C)c2c1C. The van der Waals surface area contributed by atoms with Gasteiger partial charge in [-0.05, 0) is 47.1 Å².